The SMILES string of the molecule is CC(C)CC(CN)Cc1nc(-c2ccc(O)cc2)no1. The molecule has 0 radical (unpaired) electrons. The number of hydrogen-bond acceptors (Lipinski definition) is 5. The Balaban J connectivity index is 2.06. The fourth-order valence-electron chi connectivity index (χ4n) is 2.24. The Morgan fingerprint density at radius 3 is 2.55 bits per heavy atom. The van der Waals surface area contributed by atoms with E-state index >= 15 is 0 Å². The van der Waals surface area contributed by atoms with E-state index in [1.165, 1.54) is 0 Å². The van der Waals surface area contributed by atoms with Crippen molar-refractivity contribution in [3.8, 4) is 17.1 Å². The van der Waals surface area contributed by atoms with E-state index in [1.54, 1.807) is 24.3 Å². The van der Waals surface area contributed by atoms with Crippen molar-refractivity contribution in [1.82, 2.24) is 10.1 Å². The largest absolute Gasteiger partial charge is 0.508 e. The van der Waals surface area contributed by atoms with Crippen molar-refractivity contribution in [2.75, 3.05) is 6.54 Å². The molecule has 3 N–H and O–H groups in total. The minimum atomic E-state index is 0.220. The van der Waals surface area contributed by atoms with Crippen LogP contribution in [0.1, 0.15) is 26.2 Å². The average molecular weight is 275 g/mol. The number of phenolic OH excluding ortho intramolecular Hbond substituents is 1. The maximum atomic E-state index is 9.27. The van der Waals surface area contributed by atoms with Crippen LogP contribution in [0.15, 0.2) is 28.8 Å². The monoisotopic (exact) mass is 275 g/mol. The maximum absolute atomic E-state index is 9.27. The van der Waals surface area contributed by atoms with E-state index < -0.39 is 0 Å². The Hall–Kier alpha value is -1.88. The van der Waals surface area contributed by atoms with E-state index in [-0.39, 0.29) is 5.75 Å². The van der Waals surface area contributed by atoms with Crippen molar-refractivity contribution in [2.45, 2.75) is 26.7 Å². The van der Waals surface area contributed by atoms with E-state index in [1.807, 2.05) is 0 Å². The minimum Gasteiger partial charge on any atom is -0.508 e. The van der Waals surface area contributed by atoms with Crippen LogP contribution in [0.2, 0.25) is 0 Å². The van der Waals surface area contributed by atoms with Crippen LogP contribution < -0.4 is 5.73 Å². The molecule has 1 aromatic heterocycles. The summed E-state index contributed by atoms with van der Waals surface area (Å²) in [5, 5.41) is 13.2. The molecule has 1 heterocycles. The number of nitrogens with two attached hydrogens (primary N) is 1. The van der Waals surface area contributed by atoms with Gasteiger partial charge in [0.15, 0.2) is 0 Å². The van der Waals surface area contributed by atoms with Gasteiger partial charge in [-0.05, 0) is 49.1 Å². The molecule has 1 unspecified atom stereocenters. The Kier molecular flexibility index (Phi) is 4.74. The Morgan fingerprint density at radius 2 is 1.95 bits per heavy atom. The first-order chi connectivity index (χ1) is 9.58. The van der Waals surface area contributed by atoms with Gasteiger partial charge in [-0.2, -0.15) is 4.98 Å². The lowest BCUT2D eigenvalue weighted by Gasteiger charge is -2.14. The van der Waals surface area contributed by atoms with E-state index in [4.69, 9.17) is 10.3 Å². The normalized spacial score (nSPS) is 12.8. The van der Waals surface area contributed by atoms with Crippen LogP contribution in [0.5, 0.6) is 5.75 Å². The fourth-order valence-corrected chi connectivity index (χ4v) is 2.24. The molecule has 0 aliphatic carbocycles. The van der Waals surface area contributed by atoms with Crippen LogP contribution in [0, 0.1) is 11.8 Å². The molecule has 5 heteroatoms. The maximum Gasteiger partial charge on any atom is 0.227 e. The van der Waals surface area contributed by atoms with Crippen molar-refractivity contribution in [3.63, 3.8) is 0 Å². The molecular weight excluding hydrogens is 254 g/mol. The van der Waals surface area contributed by atoms with Gasteiger partial charge in [0.25, 0.3) is 0 Å². The molecule has 108 valence electrons. The predicted molar refractivity (Wildman–Crippen MR) is 77.1 cm³/mol. The van der Waals surface area contributed by atoms with Crippen molar-refractivity contribution in [3.05, 3.63) is 30.2 Å². The van der Waals surface area contributed by atoms with E-state index in [9.17, 15) is 5.11 Å². The third-order valence-corrected chi connectivity index (χ3v) is 3.19. The molecule has 0 fully saturated rings. The Labute approximate surface area is 118 Å². The summed E-state index contributed by atoms with van der Waals surface area (Å²) in [5.74, 6) is 2.34. The molecule has 0 spiro atoms. The number of benzene rings is 1. The number of rotatable bonds is 6. The Bertz CT molecular complexity index is 534. The predicted octanol–water partition coefficient (Wildman–Crippen LogP) is 2.61. The summed E-state index contributed by atoms with van der Waals surface area (Å²) in [7, 11) is 0. The van der Waals surface area contributed by atoms with Gasteiger partial charge >= 0.3 is 0 Å². The zero-order valence-corrected chi connectivity index (χ0v) is 11.9. The molecule has 20 heavy (non-hydrogen) atoms. The van der Waals surface area contributed by atoms with Crippen LogP contribution >= 0.6 is 0 Å². The smallest absolute Gasteiger partial charge is 0.227 e. The number of phenols is 1. The van der Waals surface area contributed by atoms with Gasteiger partial charge in [0.05, 0.1) is 0 Å². The molecular formula is C15H21N3O2. The highest BCUT2D eigenvalue weighted by Crippen LogP contribution is 2.21. The molecule has 2 aromatic rings. The summed E-state index contributed by atoms with van der Waals surface area (Å²) < 4.78 is 5.28. The van der Waals surface area contributed by atoms with Crippen LogP contribution in [-0.4, -0.2) is 21.8 Å². The summed E-state index contributed by atoms with van der Waals surface area (Å²) in [6.07, 6.45) is 1.76. The van der Waals surface area contributed by atoms with Crippen LogP contribution in [0.25, 0.3) is 11.4 Å². The van der Waals surface area contributed by atoms with Gasteiger partial charge in [0.1, 0.15) is 5.75 Å². The summed E-state index contributed by atoms with van der Waals surface area (Å²) in [4.78, 5) is 4.39. The van der Waals surface area contributed by atoms with Crippen LogP contribution in [0.3, 0.4) is 0 Å². The molecule has 1 atom stereocenters. The highest BCUT2D eigenvalue weighted by Gasteiger charge is 2.15. The first-order valence-corrected chi connectivity index (χ1v) is 6.90. The van der Waals surface area contributed by atoms with Crippen molar-refractivity contribution >= 4 is 0 Å². The van der Waals surface area contributed by atoms with Gasteiger partial charge in [-0.3, -0.25) is 0 Å². The molecule has 0 aliphatic heterocycles. The molecule has 0 saturated heterocycles. The van der Waals surface area contributed by atoms with Crippen molar-refractivity contribution < 1.29 is 9.63 Å². The summed E-state index contributed by atoms with van der Waals surface area (Å²) in [6, 6.07) is 6.73. The zero-order chi connectivity index (χ0) is 14.5. The van der Waals surface area contributed by atoms with Gasteiger partial charge in [-0.25, -0.2) is 0 Å². The number of aromatic nitrogens is 2. The molecule has 0 saturated carbocycles. The third kappa shape index (κ3) is 3.81. The minimum absolute atomic E-state index is 0.220. The number of hydrogen-bond donors (Lipinski definition) is 2. The van der Waals surface area contributed by atoms with Crippen molar-refractivity contribution in [2.24, 2.45) is 17.6 Å². The fraction of sp³-hybridized carbons (Fsp3) is 0.467. The van der Waals surface area contributed by atoms with E-state index in [2.05, 4.69) is 24.0 Å². The number of aromatic hydroxyl groups is 1. The second kappa shape index (κ2) is 6.52. The lowest BCUT2D eigenvalue weighted by molar-refractivity contribution is 0.332. The number of nitrogens with zero attached hydrogens (tertiary/aromatic N) is 2. The molecule has 0 aliphatic rings. The van der Waals surface area contributed by atoms with Gasteiger partial charge in [0.2, 0.25) is 11.7 Å². The molecule has 0 amide bonds. The topological polar surface area (TPSA) is 85.2 Å². The molecule has 5 nitrogen and oxygen atoms in total. The first kappa shape index (κ1) is 14.5. The quantitative estimate of drug-likeness (QED) is 0.846. The highest BCUT2D eigenvalue weighted by molar-refractivity contribution is 5.55. The summed E-state index contributed by atoms with van der Waals surface area (Å²) >= 11 is 0. The summed E-state index contributed by atoms with van der Waals surface area (Å²) in [6.45, 7) is 4.98. The molecule has 1 aromatic carbocycles. The Morgan fingerprint density at radius 1 is 1.25 bits per heavy atom. The van der Waals surface area contributed by atoms with Gasteiger partial charge in [-0.1, -0.05) is 19.0 Å². The zero-order valence-electron chi connectivity index (χ0n) is 11.9. The van der Waals surface area contributed by atoms with Gasteiger partial charge < -0.3 is 15.4 Å². The van der Waals surface area contributed by atoms with Crippen molar-refractivity contribution in [1.29, 1.82) is 0 Å². The van der Waals surface area contributed by atoms with Crippen LogP contribution in [0.4, 0.5) is 0 Å². The van der Waals surface area contributed by atoms with E-state index in [0.29, 0.717) is 36.5 Å². The van der Waals surface area contributed by atoms with Gasteiger partial charge in [-0.15, -0.1) is 0 Å². The standard InChI is InChI=1S/C15H21N3O2/c1-10(2)7-11(9-16)8-14-17-15(18-20-14)12-3-5-13(19)6-4-12/h3-6,10-11,19H,7-9,16H2,1-2H3. The second-order valence-electron chi connectivity index (χ2n) is 5.49. The molecule has 2 rings (SSSR count). The highest BCUT2D eigenvalue weighted by atomic mass is 16.5. The summed E-state index contributed by atoms with van der Waals surface area (Å²) in [5.41, 5.74) is 6.61. The third-order valence-electron chi connectivity index (χ3n) is 3.19. The van der Waals surface area contributed by atoms with Gasteiger partial charge in [0, 0.05) is 12.0 Å². The molecule has 0 bridgehead atoms. The van der Waals surface area contributed by atoms with E-state index in [0.717, 1.165) is 12.0 Å². The first-order valence-electron chi connectivity index (χ1n) is 6.90. The lowest BCUT2D eigenvalue weighted by Crippen LogP contribution is -2.19. The average Bonchev–Trinajstić information content (AvgIpc) is 2.87. The second-order valence-corrected chi connectivity index (χ2v) is 5.49. The lowest BCUT2D eigenvalue weighted by atomic mass is 9.94. The van der Waals surface area contributed by atoms with Crippen LogP contribution in [-0.2, 0) is 6.42 Å².